The first-order valence-corrected chi connectivity index (χ1v) is 30.6. The molecule has 96 heavy (non-hydrogen) atoms. The van der Waals surface area contributed by atoms with Crippen LogP contribution in [0.1, 0.15) is 26.3 Å². The fourth-order valence-corrected chi connectivity index (χ4v) is 11.9. The van der Waals surface area contributed by atoms with E-state index in [0.29, 0.717) is 11.3 Å². The lowest BCUT2D eigenvalue weighted by Crippen LogP contribution is -2.68. The molecule has 0 radical (unpaired) electrons. The molecule has 40 nitrogen and oxygen atoms in total. The van der Waals surface area contributed by atoms with Gasteiger partial charge in [0.05, 0.1) is 39.6 Å². The molecule has 0 spiro atoms. The van der Waals surface area contributed by atoms with Gasteiger partial charge in [-0.05, 0) is 44.5 Å². The van der Waals surface area contributed by atoms with Gasteiger partial charge < -0.3 is 173 Å². The summed E-state index contributed by atoms with van der Waals surface area (Å²) in [7, 11) is 0. The highest BCUT2D eigenvalue weighted by Crippen LogP contribution is 2.39. The van der Waals surface area contributed by atoms with E-state index >= 15 is 0 Å². The Balaban J connectivity index is 0.982. The second-order valence-electron chi connectivity index (χ2n) is 24.8. The molecular formula is C56H86N2O38. The minimum absolute atomic E-state index is 0.361. The monoisotopic (exact) mass is 1390 g/mol. The first kappa shape index (κ1) is 76.5. The summed E-state index contributed by atoms with van der Waals surface area (Å²) in [6.45, 7) is -2.36. The molecule has 22 rings (SSSR count). The molecule has 21 heterocycles. The Hall–Kier alpha value is -3.70. The van der Waals surface area contributed by atoms with Gasteiger partial charge in [-0.3, -0.25) is 14.9 Å². The molecule has 21 fully saturated rings. The number of ether oxygens (including phenoxy) is 15. The van der Waals surface area contributed by atoms with Crippen molar-refractivity contribution in [2.24, 2.45) is 0 Å². The second-order valence-corrected chi connectivity index (χ2v) is 24.8. The lowest BCUT2D eigenvalue weighted by molar-refractivity contribution is -0.397. The maximum atomic E-state index is 13.1. The molecule has 1 aromatic carbocycles. The van der Waals surface area contributed by atoms with Gasteiger partial charge in [0, 0.05) is 11.8 Å². The summed E-state index contributed by atoms with van der Waals surface area (Å²) in [5.74, 6) is -0.920. The molecule has 40 heteroatoms. The molecule has 14 bridgehead atoms. The van der Waals surface area contributed by atoms with E-state index in [-0.39, 0.29) is 0 Å². The molecule has 22 N–H and O–H groups in total. The normalized spacial score (nSPS) is 46.8. The lowest BCUT2D eigenvalue weighted by Gasteiger charge is -2.50. The predicted octanol–water partition coefficient (Wildman–Crippen LogP) is -12.1. The van der Waals surface area contributed by atoms with Crippen molar-refractivity contribution in [2.75, 3.05) is 51.6 Å². The summed E-state index contributed by atoms with van der Waals surface area (Å²) >= 11 is 0. The number of carbonyl (C=O) groups excluding carboxylic acids is 2. The number of rotatable bonds is 12. The largest absolute Gasteiger partial charge is 0.444 e. The van der Waals surface area contributed by atoms with Crippen molar-refractivity contribution < 1.29 is 188 Å². The average molecular weight is 1400 g/mol. The maximum Gasteiger partial charge on any atom is 0.412 e. The van der Waals surface area contributed by atoms with E-state index in [1.54, 1.807) is 32.9 Å². The number of anilines is 1. The van der Waals surface area contributed by atoms with Gasteiger partial charge in [0.1, 0.15) is 183 Å². The van der Waals surface area contributed by atoms with Gasteiger partial charge in [0.2, 0.25) is 0 Å². The summed E-state index contributed by atoms with van der Waals surface area (Å²) in [6.07, 6.45) is -70.8. The second kappa shape index (κ2) is 33.0. The zero-order valence-electron chi connectivity index (χ0n) is 51.4. The van der Waals surface area contributed by atoms with Gasteiger partial charge in [-0.25, -0.2) is 10.3 Å². The zero-order valence-corrected chi connectivity index (χ0v) is 51.4. The number of amides is 2. The third-order valence-corrected chi connectivity index (χ3v) is 17.0. The van der Waals surface area contributed by atoms with Crippen molar-refractivity contribution in [3.63, 3.8) is 0 Å². The van der Waals surface area contributed by atoms with Crippen molar-refractivity contribution in [3.8, 4) is 0 Å². The number of nitrogens with one attached hydrogen (secondary N) is 2. The van der Waals surface area contributed by atoms with Crippen LogP contribution in [0.3, 0.4) is 0 Å². The molecular weight excluding hydrogens is 1310 g/mol. The van der Waals surface area contributed by atoms with Gasteiger partial charge in [-0.1, -0.05) is 12.1 Å². The molecule has 0 aliphatic carbocycles. The number of hydrogen-bond donors (Lipinski definition) is 22. The Morgan fingerprint density at radius 3 is 0.854 bits per heavy atom. The molecule has 1 aromatic rings. The molecule has 21 saturated heterocycles. The van der Waals surface area contributed by atoms with E-state index in [9.17, 15) is 112 Å². The van der Waals surface area contributed by atoms with Crippen LogP contribution in [-0.2, 0) is 80.7 Å². The van der Waals surface area contributed by atoms with E-state index < -0.39 is 279 Å². The van der Waals surface area contributed by atoms with Gasteiger partial charge in [-0.2, -0.15) is 0 Å². The van der Waals surface area contributed by atoms with Gasteiger partial charge in [0.15, 0.2) is 44.0 Å². The van der Waals surface area contributed by atoms with E-state index in [1.165, 1.54) is 18.2 Å². The molecule has 0 unspecified atom stereocenters. The third kappa shape index (κ3) is 16.9. The molecule has 35 atom stereocenters. The minimum atomic E-state index is -2.31. The Bertz CT molecular complexity index is 2640. The quantitative estimate of drug-likeness (QED) is 0.0682. The van der Waals surface area contributed by atoms with E-state index in [4.69, 9.17) is 75.9 Å². The number of hydrogen-bond acceptors (Lipinski definition) is 38. The number of aliphatic hydroxyl groups is 20. The van der Waals surface area contributed by atoms with Crippen LogP contribution in [0.5, 0.6) is 0 Å². The van der Waals surface area contributed by atoms with E-state index in [0.717, 1.165) is 6.08 Å². The molecule has 0 aromatic heterocycles. The van der Waals surface area contributed by atoms with Crippen LogP contribution < -0.4 is 10.8 Å². The Morgan fingerprint density at radius 1 is 0.375 bits per heavy atom. The molecule has 21 aliphatic heterocycles. The Labute approximate surface area is 544 Å². The highest BCUT2D eigenvalue weighted by atomic mass is 16.8. The van der Waals surface area contributed by atoms with Crippen molar-refractivity contribution >= 4 is 23.8 Å². The first-order chi connectivity index (χ1) is 45.5. The van der Waals surface area contributed by atoms with Crippen LogP contribution in [0.4, 0.5) is 10.5 Å². The molecule has 0 saturated carbocycles. The van der Waals surface area contributed by atoms with Gasteiger partial charge >= 0.3 is 6.09 Å². The maximum absolute atomic E-state index is 13.1. The lowest BCUT2D eigenvalue weighted by atomic mass is 9.95. The summed E-state index contributed by atoms with van der Waals surface area (Å²) in [5, 5.41) is 227. The summed E-state index contributed by atoms with van der Waals surface area (Å²) < 4.78 is 86.2. The van der Waals surface area contributed by atoms with Crippen molar-refractivity contribution in [3.05, 3.63) is 35.9 Å². The van der Waals surface area contributed by atoms with E-state index in [2.05, 4.69) is 10.8 Å². The van der Waals surface area contributed by atoms with Gasteiger partial charge in [-0.15, -0.1) is 0 Å². The van der Waals surface area contributed by atoms with Crippen LogP contribution in [0.2, 0.25) is 0 Å². The zero-order chi connectivity index (χ0) is 69.9. The SMILES string of the molecule is CC(C)(C)OC(=O)Nc1ccc(/C=C/C(=O)NOC[C@H]2O[C@@H]3O[C@H]4[C@H](O)[C@@H](O)[C@@H](O[C@H]5[C@H](O)[C@@H](O)[C@@H](O[C@H]6[C@H](O)[C@@H](O)[C@@H](O[C@H]7[C@H](O)[C@@H](O)[C@@H](O[C@H]8[C@H](O)[C@@H](O)[C@@H](O[C@H]9[C@H](O)[C@@H](O)[C@@H](O[C@H]2[C@H](O)[C@H]3O)O[C@@H]9CO)O[C@@H]8CO)O[C@@H]7CO)O[C@@H]6CO)O[C@@H]5CO)O[C@@H]4CO)cc1. The molecule has 548 valence electrons. The van der Waals surface area contributed by atoms with Crippen molar-refractivity contribution in [1.29, 1.82) is 0 Å². The van der Waals surface area contributed by atoms with Crippen LogP contribution in [-0.4, -0.2) is 381 Å². The summed E-state index contributed by atoms with van der Waals surface area (Å²) in [6, 6.07) is 6.12. The van der Waals surface area contributed by atoms with Crippen LogP contribution in [0.25, 0.3) is 6.08 Å². The highest BCUT2D eigenvalue weighted by molar-refractivity contribution is 5.91. The predicted molar refractivity (Wildman–Crippen MR) is 301 cm³/mol. The van der Waals surface area contributed by atoms with E-state index in [1.807, 2.05) is 0 Å². The topological polar surface area (TPSA) is 610 Å². The average Bonchev–Trinajstić information content (AvgIpc) is 0.780. The van der Waals surface area contributed by atoms with Crippen LogP contribution in [0.15, 0.2) is 30.3 Å². The van der Waals surface area contributed by atoms with Gasteiger partial charge in [0.25, 0.3) is 5.91 Å². The minimum Gasteiger partial charge on any atom is -0.444 e. The number of benzene rings is 1. The third-order valence-electron chi connectivity index (χ3n) is 17.0. The fourth-order valence-electron chi connectivity index (χ4n) is 11.9. The molecule has 21 aliphatic rings. The highest BCUT2D eigenvalue weighted by Gasteiger charge is 2.60. The summed E-state index contributed by atoms with van der Waals surface area (Å²) in [5.41, 5.74) is 2.14. The van der Waals surface area contributed by atoms with Crippen LogP contribution >= 0.6 is 0 Å². The van der Waals surface area contributed by atoms with Crippen molar-refractivity contribution in [2.45, 2.75) is 241 Å². The summed E-state index contributed by atoms with van der Waals surface area (Å²) in [4.78, 5) is 30.8. The standard InChI is InChI=1S/C56H86N2O38/c1-56(2,3)96-55(80)57-18-7-4-17(5-8-18)6-9-26(65)58-81-16-25-47-33(72)40(79)54(88-25)94-46-24(15-64)86-52(38(77)31(46)70)92-44-22(13-62)84-50(36(75)29(44)68)90-42-20(11-60)82-48(34(73)27(42)66)89-41-19(10-59)83-49(35(74)28(41)67)91-43-21(12-61)85-51(37(76)30(43)69)93-45-23(14-63)87-53(95-47)39(78)32(45)71/h4-9,19-25,27-54,59-64,66-79H,10-16H2,1-3H3,(H,57,80)(H,58,65)/b9-6+/t19-,20-,21-,22-,23-,24-,25-,27-,28-,29-,30-,31-,32-,33-,34-,35-,36-,37-,38-,39-,40-,41-,42-,43-,44-,45-,46-,47-,48-,49-,50-,51-,52-,53-,54-/m1/s1. The number of carbonyl (C=O) groups is 2. The molecule has 2 amide bonds. The fraction of sp³-hybridized carbons (Fsp3) is 0.821. The number of hydroxylamine groups is 1. The Morgan fingerprint density at radius 2 is 0.615 bits per heavy atom. The van der Waals surface area contributed by atoms with Crippen molar-refractivity contribution in [1.82, 2.24) is 5.48 Å². The Kier molecular flexibility index (Phi) is 26.3. The first-order valence-electron chi connectivity index (χ1n) is 30.6. The van der Waals surface area contributed by atoms with Crippen LogP contribution in [0, 0.1) is 0 Å². The smallest absolute Gasteiger partial charge is 0.412 e. The number of aliphatic hydroxyl groups excluding tert-OH is 20.